The second-order valence-corrected chi connectivity index (χ2v) is 5.41. The van der Waals surface area contributed by atoms with Crippen LogP contribution in [-0.4, -0.2) is 23.0 Å². The van der Waals surface area contributed by atoms with Crippen molar-refractivity contribution < 1.29 is 14.7 Å². The molecule has 4 nitrogen and oxygen atoms in total. The fourth-order valence-electron chi connectivity index (χ4n) is 2.44. The SMILES string of the molecule is Cc1ccc(Cl)cc1C(=O)NC1CCC(C(=O)O)C1. The number of benzene rings is 1. The van der Waals surface area contributed by atoms with E-state index in [2.05, 4.69) is 5.32 Å². The van der Waals surface area contributed by atoms with E-state index >= 15 is 0 Å². The molecule has 1 aliphatic carbocycles. The highest BCUT2D eigenvalue weighted by Crippen LogP contribution is 2.26. The predicted molar refractivity (Wildman–Crippen MR) is 72.4 cm³/mol. The van der Waals surface area contributed by atoms with Crippen molar-refractivity contribution in [2.24, 2.45) is 5.92 Å². The van der Waals surface area contributed by atoms with E-state index in [1.165, 1.54) is 0 Å². The van der Waals surface area contributed by atoms with Gasteiger partial charge in [-0.15, -0.1) is 0 Å². The van der Waals surface area contributed by atoms with Gasteiger partial charge in [-0.25, -0.2) is 0 Å². The number of rotatable bonds is 3. The molecule has 2 unspecified atom stereocenters. The number of hydrogen-bond acceptors (Lipinski definition) is 2. The van der Waals surface area contributed by atoms with Crippen molar-refractivity contribution in [2.75, 3.05) is 0 Å². The van der Waals surface area contributed by atoms with Crippen LogP contribution < -0.4 is 5.32 Å². The second-order valence-electron chi connectivity index (χ2n) is 4.98. The Bertz CT molecular complexity index is 515. The van der Waals surface area contributed by atoms with Crippen LogP contribution in [0, 0.1) is 12.8 Å². The van der Waals surface area contributed by atoms with Gasteiger partial charge in [0.15, 0.2) is 0 Å². The van der Waals surface area contributed by atoms with Gasteiger partial charge in [0.2, 0.25) is 0 Å². The summed E-state index contributed by atoms with van der Waals surface area (Å²) >= 11 is 5.88. The molecule has 102 valence electrons. The van der Waals surface area contributed by atoms with Gasteiger partial charge in [-0.2, -0.15) is 0 Å². The van der Waals surface area contributed by atoms with E-state index in [4.69, 9.17) is 16.7 Å². The van der Waals surface area contributed by atoms with E-state index in [1.54, 1.807) is 18.2 Å². The van der Waals surface area contributed by atoms with Gasteiger partial charge in [0.25, 0.3) is 5.91 Å². The van der Waals surface area contributed by atoms with Gasteiger partial charge in [-0.3, -0.25) is 9.59 Å². The number of halogens is 1. The summed E-state index contributed by atoms with van der Waals surface area (Å²) in [5.41, 5.74) is 1.40. The number of aliphatic carboxylic acids is 1. The standard InChI is InChI=1S/C14H16ClNO3/c1-8-2-4-10(15)7-12(8)13(17)16-11-5-3-9(6-11)14(18)19/h2,4,7,9,11H,3,5-6H2,1H3,(H,16,17)(H,18,19). The van der Waals surface area contributed by atoms with Crippen LogP contribution in [0.1, 0.15) is 35.2 Å². The summed E-state index contributed by atoms with van der Waals surface area (Å²) in [5.74, 6) is -1.31. The van der Waals surface area contributed by atoms with Gasteiger partial charge in [-0.1, -0.05) is 17.7 Å². The van der Waals surface area contributed by atoms with Gasteiger partial charge in [0.1, 0.15) is 0 Å². The summed E-state index contributed by atoms with van der Waals surface area (Å²) < 4.78 is 0. The van der Waals surface area contributed by atoms with Crippen LogP contribution in [0.3, 0.4) is 0 Å². The third-order valence-electron chi connectivity index (χ3n) is 3.56. The van der Waals surface area contributed by atoms with Crippen LogP contribution in [-0.2, 0) is 4.79 Å². The van der Waals surface area contributed by atoms with E-state index < -0.39 is 5.97 Å². The van der Waals surface area contributed by atoms with Crippen LogP contribution in [0.4, 0.5) is 0 Å². The lowest BCUT2D eigenvalue weighted by Gasteiger charge is -2.14. The zero-order valence-corrected chi connectivity index (χ0v) is 11.4. The first-order chi connectivity index (χ1) is 8.97. The number of carbonyl (C=O) groups excluding carboxylic acids is 1. The first-order valence-electron chi connectivity index (χ1n) is 6.27. The molecule has 0 aromatic heterocycles. The topological polar surface area (TPSA) is 66.4 Å². The smallest absolute Gasteiger partial charge is 0.306 e. The number of carbonyl (C=O) groups is 2. The third kappa shape index (κ3) is 3.26. The zero-order chi connectivity index (χ0) is 14.0. The molecule has 19 heavy (non-hydrogen) atoms. The van der Waals surface area contributed by atoms with Gasteiger partial charge >= 0.3 is 5.97 Å². The molecule has 1 fully saturated rings. The monoisotopic (exact) mass is 281 g/mol. The summed E-state index contributed by atoms with van der Waals surface area (Å²) in [6.07, 6.45) is 1.83. The van der Waals surface area contributed by atoms with Crippen LogP contribution in [0.25, 0.3) is 0 Å². The highest BCUT2D eigenvalue weighted by atomic mass is 35.5. The van der Waals surface area contributed by atoms with E-state index in [-0.39, 0.29) is 17.9 Å². The first-order valence-corrected chi connectivity index (χ1v) is 6.65. The molecule has 0 heterocycles. The van der Waals surface area contributed by atoms with E-state index in [1.807, 2.05) is 6.92 Å². The largest absolute Gasteiger partial charge is 0.481 e. The average molecular weight is 282 g/mol. The zero-order valence-electron chi connectivity index (χ0n) is 10.6. The predicted octanol–water partition coefficient (Wildman–Crippen LogP) is 2.63. The van der Waals surface area contributed by atoms with Gasteiger partial charge in [-0.05, 0) is 43.9 Å². The summed E-state index contributed by atoms with van der Waals surface area (Å²) in [6.45, 7) is 1.85. The van der Waals surface area contributed by atoms with Crippen molar-refractivity contribution in [1.29, 1.82) is 0 Å². The Balaban J connectivity index is 2.02. The fourth-order valence-corrected chi connectivity index (χ4v) is 2.61. The molecule has 0 saturated heterocycles. The van der Waals surface area contributed by atoms with Crippen LogP contribution in [0.15, 0.2) is 18.2 Å². The summed E-state index contributed by atoms with van der Waals surface area (Å²) in [5, 5.41) is 12.3. The fraction of sp³-hybridized carbons (Fsp3) is 0.429. The molecule has 0 spiro atoms. The van der Waals surface area contributed by atoms with Gasteiger partial charge in [0, 0.05) is 16.6 Å². The Labute approximate surface area is 116 Å². The maximum atomic E-state index is 12.1. The molecule has 2 N–H and O–H groups in total. The third-order valence-corrected chi connectivity index (χ3v) is 3.80. The Morgan fingerprint density at radius 1 is 1.37 bits per heavy atom. The van der Waals surface area contributed by atoms with Gasteiger partial charge < -0.3 is 10.4 Å². The van der Waals surface area contributed by atoms with Crippen LogP contribution in [0.2, 0.25) is 5.02 Å². The quantitative estimate of drug-likeness (QED) is 0.895. The van der Waals surface area contributed by atoms with E-state index in [0.717, 1.165) is 5.56 Å². The lowest BCUT2D eigenvalue weighted by atomic mass is 10.1. The van der Waals surface area contributed by atoms with E-state index in [0.29, 0.717) is 29.8 Å². The average Bonchev–Trinajstić information content (AvgIpc) is 2.80. The van der Waals surface area contributed by atoms with Crippen molar-refractivity contribution in [3.63, 3.8) is 0 Å². The number of hydrogen-bond donors (Lipinski definition) is 2. The molecule has 1 aromatic carbocycles. The molecule has 1 aromatic rings. The van der Waals surface area contributed by atoms with Crippen molar-refractivity contribution in [1.82, 2.24) is 5.32 Å². The van der Waals surface area contributed by atoms with Gasteiger partial charge in [0.05, 0.1) is 5.92 Å². The highest BCUT2D eigenvalue weighted by Gasteiger charge is 2.30. The number of aryl methyl sites for hydroxylation is 1. The molecule has 0 aliphatic heterocycles. The molecule has 0 bridgehead atoms. The molecule has 1 saturated carbocycles. The normalized spacial score (nSPS) is 22.2. The lowest BCUT2D eigenvalue weighted by Crippen LogP contribution is -2.33. The second kappa shape index (κ2) is 5.61. The summed E-state index contributed by atoms with van der Waals surface area (Å²) in [7, 11) is 0. The molecule has 1 amide bonds. The number of carboxylic acids is 1. The maximum Gasteiger partial charge on any atom is 0.306 e. The Morgan fingerprint density at radius 2 is 2.11 bits per heavy atom. The molecule has 0 radical (unpaired) electrons. The van der Waals surface area contributed by atoms with E-state index in [9.17, 15) is 9.59 Å². The minimum absolute atomic E-state index is 0.0630. The minimum atomic E-state index is -0.782. The van der Waals surface area contributed by atoms with Crippen LogP contribution in [0.5, 0.6) is 0 Å². The number of carboxylic acid groups (broad SMARTS) is 1. The van der Waals surface area contributed by atoms with Crippen molar-refractivity contribution >= 4 is 23.5 Å². The highest BCUT2D eigenvalue weighted by molar-refractivity contribution is 6.31. The van der Waals surface area contributed by atoms with Crippen LogP contribution >= 0.6 is 11.6 Å². The number of amides is 1. The first kappa shape index (κ1) is 13.9. The molecule has 5 heteroatoms. The Hall–Kier alpha value is -1.55. The maximum absolute atomic E-state index is 12.1. The summed E-state index contributed by atoms with van der Waals surface area (Å²) in [4.78, 5) is 23.0. The molecule has 1 aliphatic rings. The Kier molecular flexibility index (Phi) is 4.10. The minimum Gasteiger partial charge on any atom is -0.481 e. The molecular weight excluding hydrogens is 266 g/mol. The Morgan fingerprint density at radius 3 is 2.74 bits per heavy atom. The van der Waals surface area contributed by atoms with Crippen molar-refractivity contribution in [3.8, 4) is 0 Å². The lowest BCUT2D eigenvalue weighted by molar-refractivity contribution is -0.141. The summed E-state index contributed by atoms with van der Waals surface area (Å²) in [6, 6.07) is 5.11. The van der Waals surface area contributed by atoms with Crippen molar-refractivity contribution in [2.45, 2.75) is 32.2 Å². The molecule has 2 atom stereocenters. The molecular formula is C14H16ClNO3. The number of nitrogens with one attached hydrogen (secondary N) is 1. The molecule has 2 rings (SSSR count). The van der Waals surface area contributed by atoms with Crippen molar-refractivity contribution in [3.05, 3.63) is 34.3 Å².